The van der Waals surface area contributed by atoms with Gasteiger partial charge in [0.1, 0.15) is 0 Å². The van der Waals surface area contributed by atoms with Gasteiger partial charge in [0, 0.05) is 18.0 Å². The second kappa shape index (κ2) is 4.26. The summed E-state index contributed by atoms with van der Waals surface area (Å²) in [5, 5.41) is 0. The molecular formula is C15H15N3. The van der Waals surface area contributed by atoms with Gasteiger partial charge >= 0.3 is 0 Å². The highest BCUT2D eigenvalue weighted by molar-refractivity contribution is 5.61. The molecule has 0 spiro atoms. The molecule has 0 saturated carbocycles. The van der Waals surface area contributed by atoms with Crippen LogP contribution in [0, 0.1) is 6.92 Å². The number of imidazole rings is 1. The number of hydrogen-bond donors (Lipinski definition) is 0. The summed E-state index contributed by atoms with van der Waals surface area (Å²) in [7, 11) is 0. The zero-order valence-corrected chi connectivity index (χ0v) is 10.6. The summed E-state index contributed by atoms with van der Waals surface area (Å²) in [6.07, 6.45) is 5.07. The second-order valence-corrected chi connectivity index (χ2v) is 4.39. The number of aryl methyl sites for hydroxylation is 2. The number of nitrogens with zero attached hydrogens (tertiary/aromatic N) is 3. The van der Waals surface area contributed by atoms with Crippen molar-refractivity contribution < 1.29 is 0 Å². The molecular weight excluding hydrogens is 222 g/mol. The minimum atomic E-state index is 0.946. The molecule has 3 aromatic rings. The molecule has 2 aromatic heterocycles. The van der Waals surface area contributed by atoms with Crippen LogP contribution in [0.25, 0.3) is 16.9 Å². The first-order valence-corrected chi connectivity index (χ1v) is 6.18. The van der Waals surface area contributed by atoms with Gasteiger partial charge < -0.3 is 4.40 Å². The largest absolute Gasteiger partial charge is 0.303 e. The predicted molar refractivity (Wildman–Crippen MR) is 72.5 cm³/mol. The van der Waals surface area contributed by atoms with E-state index in [-0.39, 0.29) is 0 Å². The minimum absolute atomic E-state index is 0.946. The minimum Gasteiger partial charge on any atom is -0.303 e. The lowest BCUT2D eigenvalue weighted by Crippen LogP contribution is -1.94. The molecule has 0 radical (unpaired) electrons. The summed E-state index contributed by atoms with van der Waals surface area (Å²) < 4.78 is 2.07. The summed E-state index contributed by atoms with van der Waals surface area (Å²) in [4.78, 5) is 9.20. The van der Waals surface area contributed by atoms with Gasteiger partial charge in [0.25, 0.3) is 0 Å². The molecule has 0 bridgehead atoms. The van der Waals surface area contributed by atoms with Crippen molar-refractivity contribution in [2.45, 2.75) is 20.3 Å². The number of fused-ring (bicyclic) bond motifs is 1. The second-order valence-electron chi connectivity index (χ2n) is 4.39. The maximum absolute atomic E-state index is 4.64. The molecule has 2 heterocycles. The molecule has 0 saturated heterocycles. The molecule has 0 N–H and O–H groups in total. The van der Waals surface area contributed by atoms with E-state index in [1.54, 1.807) is 0 Å². The molecule has 0 aliphatic rings. The van der Waals surface area contributed by atoms with E-state index in [0.29, 0.717) is 0 Å². The summed E-state index contributed by atoms with van der Waals surface area (Å²) in [6.45, 7) is 4.12. The van der Waals surface area contributed by atoms with Crippen LogP contribution in [0.4, 0.5) is 0 Å². The Morgan fingerprint density at radius 2 is 1.83 bits per heavy atom. The zero-order chi connectivity index (χ0) is 12.5. The van der Waals surface area contributed by atoms with Crippen LogP contribution < -0.4 is 0 Å². The van der Waals surface area contributed by atoms with Gasteiger partial charge in [-0.1, -0.05) is 37.3 Å². The van der Waals surface area contributed by atoms with Crippen molar-refractivity contribution in [3.8, 4) is 11.3 Å². The molecule has 0 unspecified atom stereocenters. The van der Waals surface area contributed by atoms with Gasteiger partial charge in [0.2, 0.25) is 0 Å². The molecule has 0 atom stereocenters. The lowest BCUT2D eigenvalue weighted by molar-refractivity contribution is 1.07. The maximum Gasteiger partial charge on any atom is 0.158 e. The fraction of sp³-hybridized carbons (Fsp3) is 0.200. The van der Waals surface area contributed by atoms with E-state index in [0.717, 1.165) is 34.7 Å². The molecule has 3 rings (SSSR count). The topological polar surface area (TPSA) is 30.2 Å². The van der Waals surface area contributed by atoms with Crippen LogP contribution in [0.3, 0.4) is 0 Å². The monoisotopic (exact) mass is 237 g/mol. The highest BCUT2D eigenvalue weighted by Crippen LogP contribution is 2.19. The fourth-order valence-corrected chi connectivity index (χ4v) is 2.12. The van der Waals surface area contributed by atoms with Gasteiger partial charge in [-0.05, 0) is 13.3 Å². The molecule has 0 aliphatic carbocycles. The fourth-order valence-electron chi connectivity index (χ4n) is 2.12. The van der Waals surface area contributed by atoms with Crippen LogP contribution in [0.15, 0.2) is 42.7 Å². The van der Waals surface area contributed by atoms with Crippen LogP contribution in [-0.4, -0.2) is 14.4 Å². The standard InChI is InChI=1S/C15H15N3/c1-3-13-9-18-10-14(12-7-5-4-6-8-12)16-11(2)15(18)17-13/h4-10H,3H2,1-2H3. The van der Waals surface area contributed by atoms with Crippen LogP contribution in [0.2, 0.25) is 0 Å². The average Bonchev–Trinajstić information content (AvgIpc) is 2.83. The third-order valence-electron chi connectivity index (χ3n) is 3.09. The lowest BCUT2D eigenvalue weighted by atomic mass is 10.1. The van der Waals surface area contributed by atoms with Gasteiger partial charge in [-0.3, -0.25) is 0 Å². The van der Waals surface area contributed by atoms with E-state index in [1.165, 1.54) is 0 Å². The Morgan fingerprint density at radius 3 is 2.56 bits per heavy atom. The van der Waals surface area contributed by atoms with Crippen LogP contribution in [-0.2, 0) is 6.42 Å². The van der Waals surface area contributed by atoms with E-state index >= 15 is 0 Å². The first-order chi connectivity index (χ1) is 8.78. The summed E-state index contributed by atoms with van der Waals surface area (Å²) in [5.41, 5.74) is 5.14. The molecule has 18 heavy (non-hydrogen) atoms. The van der Waals surface area contributed by atoms with Crippen molar-refractivity contribution in [3.05, 3.63) is 54.1 Å². The normalized spacial score (nSPS) is 11.0. The highest BCUT2D eigenvalue weighted by Gasteiger charge is 2.07. The summed E-state index contributed by atoms with van der Waals surface area (Å²) in [6, 6.07) is 10.2. The number of benzene rings is 1. The molecule has 3 nitrogen and oxygen atoms in total. The first kappa shape index (κ1) is 11.0. The van der Waals surface area contributed by atoms with Crippen molar-refractivity contribution in [2.75, 3.05) is 0 Å². The molecule has 1 aromatic carbocycles. The SMILES string of the molecule is CCc1cn2cc(-c3ccccc3)nc(C)c2n1. The average molecular weight is 237 g/mol. The zero-order valence-electron chi connectivity index (χ0n) is 10.6. The maximum atomic E-state index is 4.64. The summed E-state index contributed by atoms with van der Waals surface area (Å²) in [5.74, 6) is 0. The third-order valence-corrected chi connectivity index (χ3v) is 3.09. The van der Waals surface area contributed by atoms with Crippen molar-refractivity contribution in [1.29, 1.82) is 0 Å². The van der Waals surface area contributed by atoms with E-state index in [9.17, 15) is 0 Å². The Hall–Kier alpha value is -2.16. The first-order valence-electron chi connectivity index (χ1n) is 6.18. The quantitative estimate of drug-likeness (QED) is 0.684. The molecule has 3 heteroatoms. The van der Waals surface area contributed by atoms with Gasteiger partial charge in [-0.2, -0.15) is 0 Å². The van der Waals surface area contributed by atoms with E-state index in [2.05, 4.69) is 39.6 Å². The van der Waals surface area contributed by atoms with Crippen LogP contribution in [0.1, 0.15) is 18.3 Å². The van der Waals surface area contributed by atoms with Gasteiger partial charge in [0.15, 0.2) is 5.65 Å². The molecule has 90 valence electrons. The Labute approximate surface area is 106 Å². The van der Waals surface area contributed by atoms with E-state index in [1.807, 2.05) is 31.3 Å². The number of hydrogen-bond acceptors (Lipinski definition) is 2. The Bertz CT molecular complexity index is 684. The smallest absolute Gasteiger partial charge is 0.158 e. The van der Waals surface area contributed by atoms with E-state index < -0.39 is 0 Å². The highest BCUT2D eigenvalue weighted by atomic mass is 15.0. The van der Waals surface area contributed by atoms with Crippen molar-refractivity contribution in [2.24, 2.45) is 0 Å². The lowest BCUT2D eigenvalue weighted by Gasteiger charge is -2.04. The van der Waals surface area contributed by atoms with Gasteiger partial charge in [0.05, 0.1) is 17.1 Å². The molecule has 0 amide bonds. The van der Waals surface area contributed by atoms with Gasteiger partial charge in [-0.25, -0.2) is 9.97 Å². The molecule has 0 fully saturated rings. The van der Waals surface area contributed by atoms with Gasteiger partial charge in [-0.15, -0.1) is 0 Å². The Balaban J connectivity index is 2.21. The Kier molecular flexibility index (Phi) is 2.59. The van der Waals surface area contributed by atoms with Crippen molar-refractivity contribution in [3.63, 3.8) is 0 Å². The predicted octanol–water partition coefficient (Wildman–Crippen LogP) is 3.27. The van der Waals surface area contributed by atoms with Crippen LogP contribution in [0.5, 0.6) is 0 Å². The number of rotatable bonds is 2. The Morgan fingerprint density at radius 1 is 1.06 bits per heavy atom. The van der Waals surface area contributed by atoms with Crippen molar-refractivity contribution in [1.82, 2.24) is 14.4 Å². The van der Waals surface area contributed by atoms with Crippen molar-refractivity contribution >= 4 is 5.65 Å². The third kappa shape index (κ3) is 1.78. The van der Waals surface area contributed by atoms with E-state index in [4.69, 9.17) is 0 Å². The number of aromatic nitrogens is 3. The molecule has 0 aliphatic heterocycles. The summed E-state index contributed by atoms with van der Waals surface area (Å²) >= 11 is 0. The van der Waals surface area contributed by atoms with Crippen LogP contribution >= 0.6 is 0 Å².